The Kier molecular flexibility index (Phi) is 8.02. The molecule has 0 saturated carbocycles. The second-order valence-electron chi connectivity index (χ2n) is 11.6. The lowest BCUT2D eigenvalue weighted by Crippen LogP contribution is -1.96. The first-order valence-corrected chi connectivity index (χ1v) is 15.9. The first-order chi connectivity index (χ1) is 24.2. The molecule has 6 heteroatoms. The number of rotatable bonds is 7. The number of nitrogens with zero attached hydrogens (tertiary/aromatic N) is 5. The summed E-state index contributed by atoms with van der Waals surface area (Å²) in [6.45, 7) is 0. The highest BCUT2D eigenvalue weighted by Gasteiger charge is 2.13. The Bertz CT molecular complexity index is 2290. The minimum absolute atomic E-state index is 0.389. The van der Waals surface area contributed by atoms with Crippen LogP contribution in [0.1, 0.15) is 0 Å². The Hall–Kier alpha value is -6.66. The number of hydrogen-bond acceptors (Lipinski definition) is 5. The van der Waals surface area contributed by atoms with E-state index in [4.69, 9.17) is 19.9 Å². The molecule has 4 aromatic heterocycles. The number of benzene rings is 4. The van der Waals surface area contributed by atoms with Crippen LogP contribution >= 0.6 is 0 Å². The van der Waals surface area contributed by atoms with Gasteiger partial charge >= 0.3 is 0 Å². The zero-order valence-corrected chi connectivity index (χ0v) is 26.3. The van der Waals surface area contributed by atoms with Crippen molar-refractivity contribution < 1.29 is 4.39 Å². The van der Waals surface area contributed by atoms with Crippen molar-refractivity contribution in [1.82, 2.24) is 24.9 Å². The summed E-state index contributed by atoms with van der Waals surface area (Å²) in [5.41, 5.74) is 11.4. The molecule has 232 valence electrons. The average Bonchev–Trinajstić information content (AvgIpc) is 3.19. The van der Waals surface area contributed by atoms with Crippen LogP contribution in [-0.2, 0) is 0 Å². The van der Waals surface area contributed by atoms with Gasteiger partial charge in [-0.15, -0.1) is 0 Å². The largest absolute Gasteiger partial charge is 0.254 e. The van der Waals surface area contributed by atoms with Gasteiger partial charge in [-0.3, -0.25) is 9.97 Å². The quantitative estimate of drug-likeness (QED) is 0.175. The van der Waals surface area contributed by atoms with E-state index >= 15 is 0 Å². The fraction of sp³-hybridized carbons (Fsp3) is 0. The molecular formula is C43H28FN5. The Balaban J connectivity index is 1.11. The van der Waals surface area contributed by atoms with E-state index in [-0.39, 0.29) is 5.82 Å². The zero-order chi connectivity index (χ0) is 33.0. The Morgan fingerprint density at radius 2 is 0.776 bits per heavy atom. The van der Waals surface area contributed by atoms with Crippen molar-refractivity contribution in [2.45, 2.75) is 0 Å². The zero-order valence-electron chi connectivity index (χ0n) is 26.3. The van der Waals surface area contributed by atoms with Gasteiger partial charge in [0.15, 0.2) is 5.82 Å². The first kappa shape index (κ1) is 29.7. The number of aromatic nitrogens is 5. The van der Waals surface area contributed by atoms with Crippen molar-refractivity contribution in [2.24, 2.45) is 0 Å². The fourth-order valence-corrected chi connectivity index (χ4v) is 5.74. The number of halogens is 1. The van der Waals surface area contributed by atoms with E-state index in [2.05, 4.69) is 47.4 Å². The van der Waals surface area contributed by atoms with Gasteiger partial charge in [0.05, 0.1) is 40.4 Å². The van der Waals surface area contributed by atoms with E-state index in [1.165, 1.54) is 12.3 Å². The van der Waals surface area contributed by atoms with Crippen LogP contribution in [0.15, 0.2) is 170 Å². The summed E-state index contributed by atoms with van der Waals surface area (Å²) in [5, 5.41) is 0. The molecule has 0 fully saturated rings. The standard InChI is InChI=1S/C43H28FN5/c44-36-21-23-38(46-28-36)42-25-35(29-10-4-1-5-11-29)24-41(47-42)37-22-20-34(27-45-37)30-16-18-32(19-17-30)40-26-39(31-12-6-2-7-13-31)48-43(49-40)33-14-8-3-9-15-33/h1-28H. The smallest absolute Gasteiger partial charge is 0.160 e. The van der Waals surface area contributed by atoms with Crippen molar-refractivity contribution in [2.75, 3.05) is 0 Å². The normalized spacial score (nSPS) is 11.0. The summed E-state index contributed by atoms with van der Waals surface area (Å²) in [5.74, 6) is 0.295. The predicted octanol–water partition coefficient (Wildman–Crippen LogP) is 10.5. The van der Waals surface area contributed by atoms with Crippen molar-refractivity contribution in [3.05, 3.63) is 176 Å². The number of hydrogen-bond donors (Lipinski definition) is 0. The SMILES string of the molecule is Fc1ccc(-c2cc(-c3ccccc3)cc(-c3ccc(-c4ccc(-c5cc(-c6ccccc6)nc(-c6ccccc6)n5)cc4)cn3)n2)nc1. The van der Waals surface area contributed by atoms with E-state index in [1.807, 2.05) is 109 Å². The lowest BCUT2D eigenvalue weighted by atomic mass is 10.0. The van der Waals surface area contributed by atoms with Gasteiger partial charge in [0.2, 0.25) is 0 Å². The summed E-state index contributed by atoms with van der Waals surface area (Å²) in [6, 6.07) is 51.7. The average molecular weight is 634 g/mol. The predicted molar refractivity (Wildman–Crippen MR) is 193 cm³/mol. The van der Waals surface area contributed by atoms with E-state index in [0.29, 0.717) is 22.9 Å². The van der Waals surface area contributed by atoms with Gasteiger partial charge in [-0.2, -0.15) is 0 Å². The minimum atomic E-state index is -0.389. The Labute approximate surface area is 283 Å². The molecular weight excluding hydrogens is 606 g/mol. The summed E-state index contributed by atoms with van der Waals surface area (Å²) in [4.78, 5) is 23.8. The summed E-state index contributed by atoms with van der Waals surface area (Å²) in [6.07, 6.45) is 3.07. The second kappa shape index (κ2) is 13.2. The van der Waals surface area contributed by atoms with Crippen LogP contribution in [0.4, 0.5) is 4.39 Å². The van der Waals surface area contributed by atoms with Crippen LogP contribution in [0.25, 0.3) is 78.9 Å². The molecule has 0 radical (unpaired) electrons. The monoisotopic (exact) mass is 633 g/mol. The molecule has 0 aliphatic heterocycles. The van der Waals surface area contributed by atoms with Gasteiger partial charge in [-0.05, 0) is 53.1 Å². The molecule has 8 aromatic rings. The molecule has 4 heterocycles. The van der Waals surface area contributed by atoms with Crippen LogP contribution in [0.5, 0.6) is 0 Å². The molecule has 0 aliphatic carbocycles. The molecule has 4 aromatic carbocycles. The second-order valence-corrected chi connectivity index (χ2v) is 11.6. The van der Waals surface area contributed by atoms with Gasteiger partial charge in [0, 0.05) is 28.5 Å². The summed E-state index contributed by atoms with van der Waals surface area (Å²) in [7, 11) is 0. The van der Waals surface area contributed by atoms with Crippen LogP contribution in [0.3, 0.4) is 0 Å². The van der Waals surface area contributed by atoms with Gasteiger partial charge in [-0.25, -0.2) is 19.3 Å². The van der Waals surface area contributed by atoms with Crippen LogP contribution in [0.2, 0.25) is 0 Å². The maximum Gasteiger partial charge on any atom is 0.160 e. The van der Waals surface area contributed by atoms with E-state index < -0.39 is 0 Å². The van der Waals surface area contributed by atoms with Crippen molar-refractivity contribution in [1.29, 1.82) is 0 Å². The highest BCUT2D eigenvalue weighted by Crippen LogP contribution is 2.32. The van der Waals surface area contributed by atoms with Gasteiger partial charge in [0.25, 0.3) is 0 Å². The molecule has 8 rings (SSSR count). The Morgan fingerprint density at radius 1 is 0.306 bits per heavy atom. The molecule has 0 amide bonds. The van der Waals surface area contributed by atoms with Crippen molar-refractivity contribution in [3.8, 4) is 78.9 Å². The molecule has 0 N–H and O–H groups in total. The van der Waals surface area contributed by atoms with E-state index in [0.717, 1.165) is 56.0 Å². The highest BCUT2D eigenvalue weighted by molar-refractivity contribution is 5.77. The molecule has 0 bridgehead atoms. The van der Waals surface area contributed by atoms with Gasteiger partial charge in [0.1, 0.15) is 5.82 Å². The van der Waals surface area contributed by atoms with Crippen LogP contribution in [0, 0.1) is 5.82 Å². The van der Waals surface area contributed by atoms with Crippen molar-refractivity contribution >= 4 is 0 Å². The maximum absolute atomic E-state index is 13.6. The molecule has 0 unspecified atom stereocenters. The molecule has 0 spiro atoms. The third kappa shape index (κ3) is 6.48. The van der Waals surface area contributed by atoms with Crippen LogP contribution < -0.4 is 0 Å². The van der Waals surface area contributed by atoms with Gasteiger partial charge in [-0.1, -0.05) is 121 Å². The van der Waals surface area contributed by atoms with Gasteiger partial charge < -0.3 is 0 Å². The molecule has 49 heavy (non-hydrogen) atoms. The third-order valence-corrected chi connectivity index (χ3v) is 8.29. The van der Waals surface area contributed by atoms with Crippen LogP contribution in [-0.4, -0.2) is 24.9 Å². The summed E-state index contributed by atoms with van der Waals surface area (Å²) >= 11 is 0. The number of pyridine rings is 3. The Morgan fingerprint density at radius 3 is 1.33 bits per heavy atom. The topological polar surface area (TPSA) is 64.5 Å². The molecule has 5 nitrogen and oxygen atoms in total. The lowest BCUT2D eigenvalue weighted by molar-refractivity contribution is 0.622. The molecule has 0 aliphatic rings. The lowest BCUT2D eigenvalue weighted by Gasteiger charge is -2.11. The molecule has 0 saturated heterocycles. The minimum Gasteiger partial charge on any atom is -0.254 e. The highest BCUT2D eigenvalue weighted by atomic mass is 19.1. The third-order valence-electron chi connectivity index (χ3n) is 8.29. The van der Waals surface area contributed by atoms with E-state index in [1.54, 1.807) is 6.07 Å². The first-order valence-electron chi connectivity index (χ1n) is 15.9. The fourth-order valence-electron chi connectivity index (χ4n) is 5.74. The van der Waals surface area contributed by atoms with E-state index in [9.17, 15) is 4.39 Å². The van der Waals surface area contributed by atoms with Crippen molar-refractivity contribution in [3.63, 3.8) is 0 Å². The maximum atomic E-state index is 13.6. The summed E-state index contributed by atoms with van der Waals surface area (Å²) < 4.78 is 13.6. The molecule has 0 atom stereocenters.